The first-order valence-corrected chi connectivity index (χ1v) is 12.0. The van der Waals surface area contributed by atoms with Gasteiger partial charge in [0.1, 0.15) is 0 Å². The molecule has 0 aromatic heterocycles. The smallest absolute Gasteiger partial charge is 0.344 e. The fourth-order valence-electron chi connectivity index (χ4n) is 3.34. The van der Waals surface area contributed by atoms with E-state index in [4.69, 9.17) is 14.2 Å². The largest absolute Gasteiger partial charge is 0.493 e. The molecule has 34 heavy (non-hydrogen) atoms. The Labute approximate surface area is 209 Å². The Morgan fingerprint density at radius 2 is 1.97 bits per heavy atom. The minimum atomic E-state index is -0.473. The zero-order valence-corrected chi connectivity index (χ0v) is 20.9. The van der Waals surface area contributed by atoms with Gasteiger partial charge in [0.2, 0.25) is 0 Å². The number of carbonyl (C=O) groups excluding carboxylic acids is 2. The van der Waals surface area contributed by atoms with Crippen LogP contribution in [0.5, 0.6) is 11.5 Å². The molecule has 0 spiro atoms. The molecule has 3 aromatic carbocycles. The van der Waals surface area contributed by atoms with Crippen molar-refractivity contribution in [2.75, 3.05) is 20.3 Å². The zero-order chi connectivity index (χ0) is 24.1. The molecule has 1 aliphatic heterocycles. The summed E-state index contributed by atoms with van der Waals surface area (Å²) in [5, 5.41) is 5.42. The number of halogens is 1. The Kier molecular flexibility index (Phi) is 7.54. The Balaban J connectivity index is 1.57. The summed E-state index contributed by atoms with van der Waals surface area (Å²) in [6.07, 6.45) is 1.74. The zero-order valence-electron chi connectivity index (χ0n) is 18.5. The first-order chi connectivity index (χ1) is 16.5. The van der Waals surface area contributed by atoms with Gasteiger partial charge in [-0.3, -0.25) is 4.79 Å². The van der Waals surface area contributed by atoms with Gasteiger partial charge in [-0.25, -0.2) is 9.79 Å². The molecule has 0 saturated carbocycles. The van der Waals surface area contributed by atoms with Crippen LogP contribution in [0.2, 0.25) is 0 Å². The van der Waals surface area contributed by atoms with Gasteiger partial charge in [0.25, 0.3) is 5.91 Å². The van der Waals surface area contributed by atoms with Crippen LogP contribution in [0.15, 0.2) is 69.0 Å². The molecule has 1 amide bonds. The van der Waals surface area contributed by atoms with Crippen molar-refractivity contribution in [3.63, 3.8) is 0 Å². The lowest BCUT2D eigenvalue weighted by molar-refractivity contribution is -0.145. The number of aliphatic imine (C=N–C) groups is 1. The lowest BCUT2D eigenvalue weighted by Crippen LogP contribution is -2.19. The highest BCUT2D eigenvalue weighted by molar-refractivity contribution is 9.10. The second kappa shape index (κ2) is 10.8. The van der Waals surface area contributed by atoms with E-state index >= 15 is 0 Å². The summed E-state index contributed by atoms with van der Waals surface area (Å²) in [7, 11) is 1.50. The van der Waals surface area contributed by atoms with Gasteiger partial charge in [-0.1, -0.05) is 36.4 Å². The molecule has 1 fully saturated rings. The Morgan fingerprint density at radius 3 is 2.76 bits per heavy atom. The fraction of sp³-hybridized carbons (Fsp3) is 0.160. The van der Waals surface area contributed by atoms with E-state index < -0.39 is 5.97 Å². The minimum Gasteiger partial charge on any atom is -0.493 e. The van der Waals surface area contributed by atoms with Gasteiger partial charge >= 0.3 is 5.97 Å². The molecule has 7 nitrogen and oxygen atoms in total. The van der Waals surface area contributed by atoms with Crippen molar-refractivity contribution in [2.45, 2.75) is 6.92 Å². The van der Waals surface area contributed by atoms with E-state index in [2.05, 4.69) is 26.2 Å². The minimum absolute atomic E-state index is 0.235. The Hall–Kier alpha value is -3.30. The molecule has 3 aromatic rings. The topological polar surface area (TPSA) is 86.2 Å². The molecule has 1 N–H and O–H groups in total. The standard InChI is InChI=1S/C25H21BrN2O5S/c1-3-32-22(29)14-33-23-18(26)11-15(12-20(23)31-2)13-21-24(30)28-25(34-21)27-19-10-6-8-16-7-4-5-9-17(16)19/h4-13H,3,14H2,1-2H3,(H,27,28,30). The molecule has 0 unspecified atom stereocenters. The normalized spacial score (nSPS) is 15.6. The van der Waals surface area contributed by atoms with E-state index in [1.165, 1.54) is 18.9 Å². The average Bonchev–Trinajstić information content (AvgIpc) is 3.16. The number of ether oxygens (including phenoxy) is 3. The number of thioether (sulfide) groups is 1. The third-order valence-electron chi connectivity index (χ3n) is 4.83. The first-order valence-electron chi connectivity index (χ1n) is 10.4. The van der Waals surface area contributed by atoms with Gasteiger partial charge in [0, 0.05) is 5.39 Å². The first kappa shape index (κ1) is 23.8. The molecule has 4 rings (SSSR count). The molecule has 1 saturated heterocycles. The van der Waals surface area contributed by atoms with Crippen LogP contribution in [0.1, 0.15) is 12.5 Å². The summed E-state index contributed by atoms with van der Waals surface area (Å²) in [5.74, 6) is 0.0828. The second-order valence-electron chi connectivity index (χ2n) is 7.11. The molecular weight excluding hydrogens is 520 g/mol. The SMILES string of the molecule is CCOC(=O)COc1c(Br)cc(C=C2SC(=Nc3cccc4ccccc34)NC2=O)cc1OC. The maximum absolute atomic E-state index is 12.6. The van der Waals surface area contributed by atoms with Crippen molar-refractivity contribution in [2.24, 2.45) is 4.99 Å². The number of rotatable bonds is 7. The second-order valence-corrected chi connectivity index (χ2v) is 8.99. The summed E-state index contributed by atoms with van der Waals surface area (Å²) in [6.45, 7) is 1.76. The van der Waals surface area contributed by atoms with Gasteiger partial charge in [0.05, 0.1) is 28.8 Å². The van der Waals surface area contributed by atoms with Crippen molar-refractivity contribution in [1.82, 2.24) is 5.32 Å². The number of benzene rings is 3. The number of nitrogens with one attached hydrogen (secondary N) is 1. The quantitative estimate of drug-likeness (QED) is 0.317. The maximum atomic E-state index is 12.6. The summed E-state index contributed by atoms with van der Waals surface area (Å²) < 4.78 is 16.5. The number of hydrogen-bond acceptors (Lipinski definition) is 7. The van der Waals surface area contributed by atoms with Crippen LogP contribution in [-0.4, -0.2) is 37.4 Å². The highest BCUT2D eigenvalue weighted by atomic mass is 79.9. The number of methoxy groups -OCH3 is 1. The van der Waals surface area contributed by atoms with Crippen molar-refractivity contribution in [3.8, 4) is 11.5 Å². The van der Waals surface area contributed by atoms with E-state index in [-0.39, 0.29) is 19.1 Å². The summed E-state index contributed by atoms with van der Waals surface area (Å²) in [6, 6.07) is 17.4. The Bertz CT molecular complexity index is 1320. The third kappa shape index (κ3) is 5.43. The van der Waals surface area contributed by atoms with E-state index in [0.717, 1.165) is 22.0 Å². The molecule has 0 bridgehead atoms. The van der Waals surface area contributed by atoms with E-state index in [1.807, 2.05) is 42.5 Å². The van der Waals surface area contributed by atoms with Crippen molar-refractivity contribution in [1.29, 1.82) is 0 Å². The van der Waals surface area contributed by atoms with E-state index in [9.17, 15) is 9.59 Å². The number of fused-ring (bicyclic) bond motifs is 1. The van der Waals surface area contributed by atoms with Crippen molar-refractivity contribution < 1.29 is 23.8 Å². The number of amides is 1. The lowest BCUT2D eigenvalue weighted by atomic mass is 10.1. The monoisotopic (exact) mass is 540 g/mol. The molecule has 9 heteroatoms. The van der Waals surface area contributed by atoms with Crippen molar-refractivity contribution >= 4 is 67.3 Å². The van der Waals surface area contributed by atoms with E-state index in [1.54, 1.807) is 25.1 Å². The lowest BCUT2D eigenvalue weighted by Gasteiger charge is -2.13. The molecule has 0 atom stereocenters. The molecule has 0 aliphatic carbocycles. The Morgan fingerprint density at radius 1 is 1.18 bits per heavy atom. The highest BCUT2D eigenvalue weighted by Crippen LogP contribution is 2.38. The van der Waals surface area contributed by atoms with Gasteiger partial charge in [0.15, 0.2) is 23.3 Å². The van der Waals surface area contributed by atoms with Gasteiger partial charge in [-0.05, 0) is 69.8 Å². The fourth-order valence-corrected chi connectivity index (χ4v) is 4.75. The number of carbonyl (C=O) groups is 2. The third-order valence-corrected chi connectivity index (χ3v) is 6.33. The number of esters is 1. The molecule has 0 radical (unpaired) electrons. The van der Waals surface area contributed by atoms with Crippen LogP contribution in [0.3, 0.4) is 0 Å². The van der Waals surface area contributed by atoms with Crippen LogP contribution in [0, 0.1) is 0 Å². The summed E-state index contributed by atoms with van der Waals surface area (Å²) in [4.78, 5) is 29.4. The van der Waals surface area contributed by atoms with E-state index in [0.29, 0.717) is 26.0 Å². The summed E-state index contributed by atoms with van der Waals surface area (Å²) in [5.41, 5.74) is 1.51. The summed E-state index contributed by atoms with van der Waals surface area (Å²) >= 11 is 4.72. The van der Waals surface area contributed by atoms with Gasteiger partial charge < -0.3 is 19.5 Å². The predicted molar refractivity (Wildman–Crippen MR) is 138 cm³/mol. The van der Waals surface area contributed by atoms with Gasteiger partial charge in [-0.15, -0.1) is 0 Å². The van der Waals surface area contributed by atoms with Crippen LogP contribution < -0.4 is 14.8 Å². The average molecular weight is 541 g/mol. The number of hydrogen-bond donors (Lipinski definition) is 1. The van der Waals surface area contributed by atoms with Crippen LogP contribution >= 0.6 is 27.7 Å². The molecule has 174 valence electrons. The molecule has 1 aliphatic rings. The number of amidine groups is 1. The molecule has 1 heterocycles. The van der Waals surface area contributed by atoms with Crippen LogP contribution in [-0.2, 0) is 14.3 Å². The maximum Gasteiger partial charge on any atom is 0.344 e. The number of nitrogens with zero attached hydrogens (tertiary/aromatic N) is 1. The predicted octanol–water partition coefficient (Wildman–Crippen LogP) is 5.44. The van der Waals surface area contributed by atoms with Crippen LogP contribution in [0.25, 0.3) is 16.8 Å². The highest BCUT2D eigenvalue weighted by Gasteiger charge is 2.24. The van der Waals surface area contributed by atoms with Crippen molar-refractivity contribution in [3.05, 3.63) is 69.5 Å². The molecular formula is C25H21BrN2O5S. The van der Waals surface area contributed by atoms with Gasteiger partial charge in [-0.2, -0.15) is 0 Å². The van der Waals surface area contributed by atoms with Crippen LogP contribution in [0.4, 0.5) is 5.69 Å².